The molecule has 3 heterocycles. The molecule has 1 aliphatic rings. The number of ether oxygens (including phenoxy) is 1. The molecule has 2 aromatic heterocycles. The summed E-state index contributed by atoms with van der Waals surface area (Å²) in [5.74, 6) is 0.567. The zero-order chi connectivity index (χ0) is 23.6. The average molecular weight is 471 g/mol. The van der Waals surface area contributed by atoms with Gasteiger partial charge in [-0.3, -0.25) is 0 Å². The van der Waals surface area contributed by atoms with Crippen LogP contribution in [0, 0.1) is 5.41 Å². The van der Waals surface area contributed by atoms with Crippen LogP contribution in [-0.4, -0.2) is 61.4 Å². The lowest BCUT2D eigenvalue weighted by atomic mass is 9.88. The van der Waals surface area contributed by atoms with Crippen molar-refractivity contribution < 1.29 is 17.9 Å². The molecule has 0 saturated carbocycles. The van der Waals surface area contributed by atoms with Gasteiger partial charge < -0.3 is 19.4 Å². The number of H-pyrrole nitrogens is 1. The monoisotopic (exact) mass is 470 g/mol. The highest BCUT2D eigenvalue weighted by atomic mass is 32.2. The molecule has 176 valence electrons. The second kappa shape index (κ2) is 9.13. The molecule has 3 aromatic rings. The fourth-order valence-electron chi connectivity index (χ4n) is 4.03. The Morgan fingerprint density at radius 3 is 2.67 bits per heavy atom. The lowest BCUT2D eigenvalue weighted by Gasteiger charge is -2.20. The lowest BCUT2D eigenvalue weighted by molar-refractivity contribution is -0.114. The van der Waals surface area contributed by atoms with Crippen LogP contribution in [0.25, 0.3) is 22.4 Å². The Morgan fingerprint density at radius 2 is 1.97 bits per heavy atom. The first-order valence-corrected chi connectivity index (χ1v) is 13.2. The highest BCUT2D eigenvalue weighted by molar-refractivity contribution is 7.90. The van der Waals surface area contributed by atoms with Gasteiger partial charge in [-0.05, 0) is 37.0 Å². The number of hydrogen-bond acceptors (Lipinski definition) is 7. The SMILES string of the molecule is CC(C)(C=O)Cc1c[nH]c2ncc(-c3cc(OCCS(C)(=O)=O)cc(N4CCCC4)c3)nc12. The van der Waals surface area contributed by atoms with E-state index in [4.69, 9.17) is 9.72 Å². The molecule has 0 spiro atoms. The summed E-state index contributed by atoms with van der Waals surface area (Å²) in [6.45, 7) is 5.83. The van der Waals surface area contributed by atoms with Gasteiger partial charge in [-0.2, -0.15) is 0 Å². The van der Waals surface area contributed by atoms with Crippen molar-refractivity contribution in [3.8, 4) is 17.0 Å². The van der Waals surface area contributed by atoms with Crippen LogP contribution in [0.1, 0.15) is 32.3 Å². The molecule has 8 nitrogen and oxygen atoms in total. The molecule has 33 heavy (non-hydrogen) atoms. The van der Waals surface area contributed by atoms with Crippen molar-refractivity contribution in [2.45, 2.75) is 33.1 Å². The fourth-order valence-corrected chi connectivity index (χ4v) is 4.42. The molecule has 0 bridgehead atoms. The van der Waals surface area contributed by atoms with Crippen LogP contribution in [0.2, 0.25) is 0 Å². The number of hydrogen-bond donors (Lipinski definition) is 1. The Morgan fingerprint density at radius 1 is 1.21 bits per heavy atom. The van der Waals surface area contributed by atoms with Gasteiger partial charge in [-0.1, -0.05) is 13.8 Å². The largest absolute Gasteiger partial charge is 0.492 e. The number of rotatable bonds is 9. The molecular formula is C24H30N4O4S. The first-order chi connectivity index (χ1) is 15.6. The third kappa shape index (κ3) is 5.71. The van der Waals surface area contributed by atoms with Crippen molar-refractivity contribution in [3.63, 3.8) is 0 Å². The highest BCUT2D eigenvalue weighted by Crippen LogP contribution is 2.32. The van der Waals surface area contributed by atoms with Crippen LogP contribution in [0.15, 0.2) is 30.6 Å². The summed E-state index contributed by atoms with van der Waals surface area (Å²) in [6, 6.07) is 5.91. The standard InChI is InChI=1S/C24H30N4O4S/c1-24(2,16-29)13-18-14-25-23-22(18)27-21(15-26-23)17-10-19(28-6-4-5-7-28)12-20(11-17)32-8-9-33(3,30)31/h10-12,14-16H,4-9,13H2,1-3H3,(H,25,26). The summed E-state index contributed by atoms with van der Waals surface area (Å²) in [5.41, 5.74) is 4.44. The van der Waals surface area contributed by atoms with E-state index in [0.29, 0.717) is 23.5 Å². The number of aromatic amines is 1. The van der Waals surface area contributed by atoms with Crippen molar-refractivity contribution in [1.82, 2.24) is 15.0 Å². The minimum absolute atomic E-state index is 0.0404. The molecule has 9 heteroatoms. The Labute approximate surface area is 194 Å². The van der Waals surface area contributed by atoms with Gasteiger partial charge in [0.2, 0.25) is 0 Å². The van der Waals surface area contributed by atoms with Crippen molar-refractivity contribution in [3.05, 3.63) is 36.2 Å². The molecule has 4 rings (SSSR count). The molecule has 0 amide bonds. The van der Waals surface area contributed by atoms with E-state index < -0.39 is 15.3 Å². The number of aldehydes is 1. The molecule has 0 unspecified atom stereocenters. The summed E-state index contributed by atoms with van der Waals surface area (Å²) in [4.78, 5) is 26.3. The molecule has 1 N–H and O–H groups in total. The van der Waals surface area contributed by atoms with E-state index in [0.717, 1.165) is 54.5 Å². The number of benzene rings is 1. The average Bonchev–Trinajstić information content (AvgIpc) is 3.43. The van der Waals surface area contributed by atoms with Crippen molar-refractivity contribution in [2.75, 3.05) is 36.6 Å². The second-order valence-electron chi connectivity index (χ2n) is 9.44. The Balaban J connectivity index is 1.70. The van der Waals surface area contributed by atoms with Crippen molar-refractivity contribution in [1.29, 1.82) is 0 Å². The third-order valence-electron chi connectivity index (χ3n) is 5.81. The number of nitrogens with zero attached hydrogens (tertiary/aromatic N) is 3. The topological polar surface area (TPSA) is 105 Å². The minimum atomic E-state index is -3.11. The molecule has 1 aliphatic heterocycles. The van der Waals surface area contributed by atoms with E-state index in [2.05, 4.69) is 20.9 Å². The van der Waals surface area contributed by atoms with E-state index in [9.17, 15) is 13.2 Å². The quantitative estimate of drug-likeness (QED) is 0.478. The van der Waals surface area contributed by atoms with Gasteiger partial charge >= 0.3 is 0 Å². The van der Waals surface area contributed by atoms with Crippen LogP contribution in [0.3, 0.4) is 0 Å². The van der Waals surface area contributed by atoms with Crippen LogP contribution < -0.4 is 9.64 Å². The number of aromatic nitrogens is 3. The molecule has 1 saturated heterocycles. The van der Waals surface area contributed by atoms with E-state index in [1.807, 2.05) is 32.2 Å². The van der Waals surface area contributed by atoms with Gasteiger partial charge in [0.1, 0.15) is 24.2 Å². The Kier molecular flexibility index (Phi) is 6.43. The lowest BCUT2D eigenvalue weighted by Crippen LogP contribution is -2.18. The molecular weight excluding hydrogens is 440 g/mol. The number of nitrogens with one attached hydrogen (secondary N) is 1. The molecule has 0 aliphatic carbocycles. The van der Waals surface area contributed by atoms with E-state index in [1.54, 1.807) is 6.20 Å². The summed E-state index contributed by atoms with van der Waals surface area (Å²) in [7, 11) is -3.11. The predicted molar refractivity (Wildman–Crippen MR) is 130 cm³/mol. The third-order valence-corrected chi connectivity index (χ3v) is 6.71. The number of sulfone groups is 1. The Bertz CT molecular complexity index is 1260. The number of carbonyl (C=O) groups is 1. The van der Waals surface area contributed by atoms with Crippen molar-refractivity contribution in [2.24, 2.45) is 5.41 Å². The van der Waals surface area contributed by atoms with Gasteiger partial charge in [0.15, 0.2) is 15.5 Å². The first-order valence-electron chi connectivity index (χ1n) is 11.1. The van der Waals surface area contributed by atoms with Crippen LogP contribution in [-0.2, 0) is 21.1 Å². The maximum Gasteiger partial charge on any atom is 0.156 e. The van der Waals surface area contributed by atoms with Crippen LogP contribution in [0.5, 0.6) is 5.75 Å². The molecule has 1 fully saturated rings. The maximum atomic E-state index is 11.5. The molecule has 1 aromatic carbocycles. The minimum Gasteiger partial charge on any atom is -0.492 e. The Hall–Kier alpha value is -2.94. The molecule has 0 radical (unpaired) electrons. The number of carbonyl (C=O) groups excluding carboxylic acids is 1. The summed E-state index contributed by atoms with van der Waals surface area (Å²) < 4.78 is 28.8. The van der Waals surface area contributed by atoms with E-state index in [1.165, 1.54) is 6.26 Å². The normalized spacial score (nSPS) is 14.7. The van der Waals surface area contributed by atoms with Gasteiger partial charge in [-0.25, -0.2) is 18.4 Å². The summed E-state index contributed by atoms with van der Waals surface area (Å²) >= 11 is 0. The zero-order valence-electron chi connectivity index (χ0n) is 19.3. The highest BCUT2D eigenvalue weighted by Gasteiger charge is 2.21. The van der Waals surface area contributed by atoms with E-state index >= 15 is 0 Å². The second-order valence-corrected chi connectivity index (χ2v) is 11.7. The predicted octanol–water partition coefficient (Wildman–Crippen LogP) is 3.42. The number of anilines is 1. The maximum absolute atomic E-state index is 11.5. The summed E-state index contributed by atoms with van der Waals surface area (Å²) in [5, 5.41) is 0. The van der Waals surface area contributed by atoms with Gasteiger partial charge in [0.25, 0.3) is 0 Å². The smallest absolute Gasteiger partial charge is 0.156 e. The van der Waals surface area contributed by atoms with Crippen LogP contribution >= 0.6 is 0 Å². The van der Waals surface area contributed by atoms with Gasteiger partial charge in [-0.15, -0.1) is 0 Å². The zero-order valence-corrected chi connectivity index (χ0v) is 20.1. The van der Waals surface area contributed by atoms with Gasteiger partial charge in [0.05, 0.1) is 17.6 Å². The van der Waals surface area contributed by atoms with Crippen molar-refractivity contribution >= 4 is 33.0 Å². The first kappa shape index (κ1) is 23.2. The number of fused-ring (bicyclic) bond motifs is 1. The molecule has 0 atom stereocenters. The van der Waals surface area contributed by atoms with Gasteiger partial charge in [0, 0.05) is 48.3 Å². The summed E-state index contributed by atoms with van der Waals surface area (Å²) in [6.07, 6.45) is 8.58. The fraction of sp³-hybridized carbons (Fsp3) is 0.458. The van der Waals surface area contributed by atoms with E-state index in [-0.39, 0.29) is 12.4 Å². The van der Waals surface area contributed by atoms with Crippen LogP contribution in [0.4, 0.5) is 5.69 Å².